The maximum atomic E-state index is 14.1. The molecule has 0 aliphatic heterocycles. The third-order valence-corrected chi connectivity index (χ3v) is 3.07. The number of hydrogen-bond donors (Lipinski definition) is 2. The third-order valence-electron chi connectivity index (χ3n) is 3.07. The Morgan fingerprint density at radius 1 is 1.52 bits per heavy atom. The Morgan fingerprint density at radius 2 is 2.19 bits per heavy atom. The zero-order chi connectivity index (χ0) is 15.7. The lowest BCUT2D eigenvalue weighted by Gasteiger charge is -2.11. The predicted octanol–water partition coefficient (Wildman–Crippen LogP) is 1.87. The monoisotopic (exact) mass is 289 g/mol. The van der Waals surface area contributed by atoms with Crippen molar-refractivity contribution in [3.63, 3.8) is 0 Å². The van der Waals surface area contributed by atoms with Crippen LogP contribution in [-0.4, -0.2) is 22.8 Å². The van der Waals surface area contributed by atoms with E-state index in [0.717, 1.165) is 23.8 Å². The molecule has 2 aromatic rings. The molecule has 2 rings (SSSR count). The van der Waals surface area contributed by atoms with Crippen molar-refractivity contribution in [2.45, 2.75) is 6.92 Å². The molecule has 0 aliphatic carbocycles. The first kappa shape index (κ1) is 14.4. The number of phenols is 1. The van der Waals surface area contributed by atoms with E-state index in [1.165, 1.54) is 13.1 Å². The number of nitrogen functional groups attached to an aromatic ring is 1. The normalized spacial score (nSPS) is 10.2. The number of rotatable bonds is 2. The number of anilines is 1. The highest BCUT2D eigenvalue weighted by Gasteiger charge is 2.23. The highest BCUT2D eigenvalue weighted by Crippen LogP contribution is 2.29. The summed E-state index contributed by atoms with van der Waals surface area (Å²) < 4.78 is 19.8. The Morgan fingerprint density at radius 3 is 2.76 bits per heavy atom. The fraction of sp³-hybridized carbons (Fsp3) is 0.143. The lowest BCUT2D eigenvalue weighted by Crippen LogP contribution is -2.12. The number of aryl methyl sites for hydroxylation is 1. The summed E-state index contributed by atoms with van der Waals surface area (Å²) in [5, 5.41) is 18.7. The number of carbonyl (C=O) groups is 1. The molecule has 3 N–H and O–H groups in total. The van der Waals surface area contributed by atoms with Gasteiger partial charge in [0.15, 0.2) is 5.69 Å². The van der Waals surface area contributed by atoms with E-state index in [-0.39, 0.29) is 28.4 Å². The van der Waals surface area contributed by atoms with Gasteiger partial charge in [0.1, 0.15) is 17.6 Å². The molecule has 21 heavy (non-hydrogen) atoms. The summed E-state index contributed by atoms with van der Waals surface area (Å²) in [6.07, 6.45) is 1.22. The second kappa shape index (κ2) is 5.17. The van der Waals surface area contributed by atoms with Gasteiger partial charge < -0.3 is 20.1 Å². The van der Waals surface area contributed by atoms with Crippen LogP contribution in [0.3, 0.4) is 0 Å². The predicted molar refractivity (Wildman–Crippen MR) is 72.6 cm³/mol. The average molecular weight is 289 g/mol. The Bertz CT molecular complexity index is 775. The number of halogens is 1. The second-order valence-corrected chi connectivity index (χ2v) is 4.37. The molecule has 7 heteroatoms. The number of esters is 1. The average Bonchev–Trinajstić information content (AvgIpc) is 2.78. The van der Waals surface area contributed by atoms with Crippen LogP contribution in [0.2, 0.25) is 0 Å². The number of ether oxygens (including phenoxy) is 1. The highest BCUT2D eigenvalue weighted by molar-refractivity contribution is 5.96. The Hall–Kier alpha value is -3.01. The zero-order valence-electron chi connectivity index (χ0n) is 11.3. The SMILES string of the molecule is COC(=O)c1c(N)c(C#N)cn1-c1cc(O)c(C)cc1F. The van der Waals surface area contributed by atoms with E-state index in [0.29, 0.717) is 5.56 Å². The van der Waals surface area contributed by atoms with Crippen molar-refractivity contribution in [1.29, 1.82) is 5.26 Å². The molecule has 1 aromatic carbocycles. The Balaban J connectivity index is 2.78. The van der Waals surface area contributed by atoms with Crippen molar-refractivity contribution < 1.29 is 19.0 Å². The van der Waals surface area contributed by atoms with Crippen LogP contribution in [0.15, 0.2) is 18.3 Å². The molecule has 0 bridgehead atoms. The second-order valence-electron chi connectivity index (χ2n) is 4.37. The van der Waals surface area contributed by atoms with Crippen LogP contribution in [-0.2, 0) is 4.74 Å². The first-order chi connectivity index (χ1) is 9.90. The van der Waals surface area contributed by atoms with Gasteiger partial charge >= 0.3 is 5.97 Å². The molecule has 0 aliphatic rings. The quantitative estimate of drug-likeness (QED) is 0.822. The van der Waals surface area contributed by atoms with Gasteiger partial charge in [0.25, 0.3) is 0 Å². The molecular formula is C14H12FN3O3. The number of hydrogen-bond acceptors (Lipinski definition) is 5. The summed E-state index contributed by atoms with van der Waals surface area (Å²) in [7, 11) is 1.15. The molecule has 108 valence electrons. The van der Waals surface area contributed by atoms with Gasteiger partial charge in [-0.1, -0.05) is 0 Å². The van der Waals surface area contributed by atoms with Gasteiger partial charge in [-0.2, -0.15) is 5.26 Å². The van der Waals surface area contributed by atoms with Gasteiger partial charge in [-0.25, -0.2) is 9.18 Å². The van der Waals surface area contributed by atoms with Crippen LogP contribution in [0.1, 0.15) is 21.6 Å². The lowest BCUT2D eigenvalue weighted by molar-refractivity contribution is 0.0593. The number of nitrogens with two attached hydrogens (primary N) is 1. The zero-order valence-corrected chi connectivity index (χ0v) is 11.3. The largest absolute Gasteiger partial charge is 0.508 e. The van der Waals surface area contributed by atoms with Crippen molar-refractivity contribution in [2.24, 2.45) is 0 Å². The van der Waals surface area contributed by atoms with Crippen LogP contribution in [0.4, 0.5) is 10.1 Å². The Kier molecular flexibility index (Phi) is 3.54. The van der Waals surface area contributed by atoms with E-state index in [4.69, 9.17) is 11.0 Å². The first-order valence-corrected chi connectivity index (χ1v) is 5.89. The summed E-state index contributed by atoms with van der Waals surface area (Å²) in [5.41, 5.74) is 5.69. The van der Waals surface area contributed by atoms with Crippen molar-refractivity contribution >= 4 is 11.7 Å². The summed E-state index contributed by atoms with van der Waals surface area (Å²) >= 11 is 0. The summed E-state index contributed by atoms with van der Waals surface area (Å²) in [6.45, 7) is 1.54. The van der Waals surface area contributed by atoms with Crippen molar-refractivity contribution in [3.05, 3.63) is 41.0 Å². The van der Waals surface area contributed by atoms with Crippen molar-refractivity contribution in [1.82, 2.24) is 4.57 Å². The number of phenolic OH excluding ortho intramolecular Hbond substituents is 1. The maximum Gasteiger partial charge on any atom is 0.357 e. The fourth-order valence-electron chi connectivity index (χ4n) is 1.94. The first-order valence-electron chi connectivity index (χ1n) is 5.89. The Labute approximate surface area is 119 Å². The number of carbonyl (C=O) groups excluding carboxylic acids is 1. The molecule has 0 fully saturated rings. The molecule has 0 spiro atoms. The minimum absolute atomic E-state index is 0.00913. The molecular weight excluding hydrogens is 277 g/mol. The summed E-state index contributed by atoms with van der Waals surface area (Å²) in [5.74, 6) is -1.63. The van der Waals surface area contributed by atoms with E-state index in [9.17, 15) is 14.3 Å². The van der Waals surface area contributed by atoms with Gasteiger partial charge in [0.05, 0.1) is 24.0 Å². The van der Waals surface area contributed by atoms with Crippen LogP contribution < -0.4 is 5.73 Å². The van der Waals surface area contributed by atoms with Gasteiger partial charge in [-0.15, -0.1) is 0 Å². The van der Waals surface area contributed by atoms with Gasteiger partial charge in [-0.05, 0) is 18.6 Å². The summed E-state index contributed by atoms with van der Waals surface area (Å²) in [6, 6.07) is 4.08. The number of nitrogens with zero attached hydrogens (tertiary/aromatic N) is 2. The number of benzene rings is 1. The molecule has 1 aromatic heterocycles. The van der Waals surface area contributed by atoms with Crippen LogP contribution in [0.5, 0.6) is 5.75 Å². The van der Waals surface area contributed by atoms with Crippen LogP contribution in [0.25, 0.3) is 5.69 Å². The smallest absolute Gasteiger partial charge is 0.357 e. The molecule has 0 saturated heterocycles. The van der Waals surface area contributed by atoms with Crippen molar-refractivity contribution in [3.8, 4) is 17.5 Å². The van der Waals surface area contributed by atoms with Gasteiger partial charge in [0.2, 0.25) is 0 Å². The molecule has 0 radical (unpaired) electrons. The molecule has 0 unspecified atom stereocenters. The van der Waals surface area contributed by atoms with E-state index >= 15 is 0 Å². The number of aromatic hydroxyl groups is 1. The van der Waals surface area contributed by atoms with E-state index in [1.54, 1.807) is 0 Å². The topological polar surface area (TPSA) is 101 Å². The van der Waals surface area contributed by atoms with Gasteiger partial charge in [-0.3, -0.25) is 0 Å². The summed E-state index contributed by atoms with van der Waals surface area (Å²) in [4.78, 5) is 11.8. The van der Waals surface area contributed by atoms with Crippen LogP contribution >= 0.6 is 0 Å². The number of nitriles is 1. The molecule has 0 saturated carbocycles. The highest BCUT2D eigenvalue weighted by atomic mass is 19.1. The van der Waals surface area contributed by atoms with E-state index in [2.05, 4.69) is 4.74 Å². The fourth-order valence-corrected chi connectivity index (χ4v) is 1.94. The number of methoxy groups -OCH3 is 1. The van der Waals surface area contributed by atoms with E-state index < -0.39 is 11.8 Å². The third kappa shape index (κ3) is 2.27. The molecule has 1 heterocycles. The van der Waals surface area contributed by atoms with Crippen molar-refractivity contribution in [2.75, 3.05) is 12.8 Å². The maximum absolute atomic E-state index is 14.1. The molecule has 0 amide bonds. The van der Waals surface area contributed by atoms with Crippen LogP contribution in [0, 0.1) is 24.1 Å². The minimum atomic E-state index is -0.812. The lowest BCUT2D eigenvalue weighted by atomic mass is 10.2. The van der Waals surface area contributed by atoms with Gasteiger partial charge in [0, 0.05) is 12.3 Å². The van der Waals surface area contributed by atoms with E-state index in [1.807, 2.05) is 6.07 Å². The molecule has 6 nitrogen and oxygen atoms in total. The number of aromatic nitrogens is 1. The molecule has 0 atom stereocenters. The minimum Gasteiger partial charge on any atom is -0.508 e. The standard InChI is InChI=1S/C14H12FN3O3/c1-7-3-9(15)10(4-11(7)19)18-6-8(5-16)12(17)13(18)14(20)21-2/h3-4,6,19H,17H2,1-2H3.